The summed E-state index contributed by atoms with van der Waals surface area (Å²) in [5.41, 5.74) is 53.7. The number of rotatable bonds is 71. The van der Waals surface area contributed by atoms with Gasteiger partial charge in [0.1, 0.15) is 36.3 Å². The molecule has 133 heavy (non-hydrogen) atoms. The molecule has 0 fully saturated rings. The first-order valence-electron chi connectivity index (χ1n) is 48.3. The lowest BCUT2D eigenvalue weighted by Crippen LogP contribution is -2.56. The van der Waals surface area contributed by atoms with E-state index >= 15 is 28.8 Å². The summed E-state index contributed by atoms with van der Waals surface area (Å²) in [5.74, 6) is -5.46. The molecule has 0 aliphatic heterocycles. The molecule has 0 bridgehead atoms. The van der Waals surface area contributed by atoms with Crippen molar-refractivity contribution in [2.45, 2.75) is 229 Å². The van der Waals surface area contributed by atoms with Gasteiger partial charge in [-0.05, 0) is 227 Å². The highest BCUT2D eigenvalue weighted by molar-refractivity contribution is 5.92. The van der Waals surface area contributed by atoms with E-state index in [1.807, 2.05) is 182 Å². The van der Waals surface area contributed by atoms with Crippen molar-refractivity contribution in [2.75, 3.05) is 118 Å². The summed E-state index contributed by atoms with van der Waals surface area (Å²) in [6, 6.07) is 50.3. The molecule has 12 amide bonds. The van der Waals surface area contributed by atoms with Gasteiger partial charge in [-0.15, -0.1) is 0 Å². The predicted molar refractivity (Wildman–Crippen MR) is 522 cm³/mol. The fraction of sp³-hybridized carbons (Fsp3) is 0.529. The third-order valence-electron chi connectivity index (χ3n) is 24.1. The number of nitrogens with one attached hydrogen (secondary N) is 5. The lowest BCUT2D eigenvalue weighted by molar-refractivity contribution is -0.143. The SMILES string of the molecule is NCCCC[C@@H](C(N)=O)N(CCNC(=O)[C@H](CCCCN)N(CCNC(=O)[C@H](CCCCN)N(CCNC(=O)[C@H](CCCCN)N(CCNC(=O)[C@H](CCCCN)N(CCNC(=O)[C@H](CCCCN)N(CCN)C(=O)CCc1ccccc1)C(=O)CCc1ccccc1)C(=O)CCc1ccccc1)C(=O)CCc1ccccc1)C(=O)CCc1ccccc1)C(=O)CCc1ccccc1. The normalized spacial score (nSPS) is 12.5. The quantitative estimate of drug-likeness (QED) is 0.0202. The first-order valence-corrected chi connectivity index (χ1v) is 48.3. The molecule has 6 rings (SSSR count). The Balaban J connectivity index is 1.30. The number of hydrogen-bond acceptors (Lipinski definition) is 19. The summed E-state index contributed by atoms with van der Waals surface area (Å²) in [5, 5.41) is 15.2. The van der Waals surface area contributed by atoms with Gasteiger partial charge >= 0.3 is 0 Å². The molecule has 6 aromatic rings. The Morgan fingerprint density at radius 2 is 0.368 bits per heavy atom. The number of carbonyl (C=O) groups excluding carboxylic acids is 12. The van der Waals surface area contributed by atoms with Crippen LogP contribution >= 0.6 is 0 Å². The number of aryl methyl sites for hydroxylation is 6. The first kappa shape index (κ1) is 110. The van der Waals surface area contributed by atoms with Gasteiger partial charge in [0.05, 0.1) is 0 Å². The molecule has 0 saturated carbocycles. The lowest BCUT2D eigenvalue weighted by Gasteiger charge is -2.35. The van der Waals surface area contributed by atoms with E-state index in [-0.39, 0.29) is 186 Å². The predicted octanol–water partition coefficient (Wildman–Crippen LogP) is 5.77. The van der Waals surface area contributed by atoms with Crippen LogP contribution in [0.5, 0.6) is 0 Å². The van der Waals surface area contributed by atoms with Gasteiger partial charge in [0, 0.05) is 117 Å². The highest BCUT2D eigenvalue weighted by Crippen LogP contribution is 2.23. The maximum atomic E-state index is 15.5. The van der Waals surface area contributed by atoms with Gasteiger partial charge in [-0.1, -0.05) is 182 Å². The number of carbonyl (C=O) groups is 12. The summed E-state index contributed by atoms with van der Waals surface area (Å²) in [6.07, 6.45) is 9.41. The van der Waals surface area contributed by atoms with Crippen LogP contribution < -0.4 is 72.5 Å². The highest BCUT2D eigenvalue weighted by atomic mass is 16.2. The molecular weight excluding hydrogens is 1680 g/mol. The molecule has 0 aliphatic rings. The molecule has 0 heterocycles. The van der Waals surface area contributed by atoms with Gasteiger partial charge < -0.3 is 102 Å². The van der Waals surface area contributed by atoms with Crippen molar-refractivity contribution in [3.05, 3.63) is 215 Å². The first-order chi connectivity index (χ1) is 64.7. The second kappa shape index (κ2) is 66.1. The van der Waals surface area contributed by atoms with Crippen LogP contribution in [0.4, 0.5) is 0 Å². The van der Waals surface area contributed by atoms with Crippen LogP contribution in [-0.4, -0.2) is 254 Å². The van der Waals surface area contributed by atoms with E-state index in [0.717, 1.165) is 33.4 Å². The average Bonchev–Trinajstić information content (AvgIpc) is 0.845. The van der Waals surface area contributed by atoms with Crippen LogP contribution in [0.1, 0.15) is 187 Å². The van der Waals surface area contributed by atoms with E-state index < -0.39 is 83.5 Å². The number of nitrogens with two attached hydrogens (primary N) is 8. The number of primary amides is 1. The van der Waals surface area contributed by atoms with Crippen LogP contribution in [0.25, 0.3) is 0 Å². The van der Waals surface area contributed by atoms with Gasteiger partial charge in [0.25, 0.3) is 0 Å². The Morgan fingerprint density at radius 3 is 0.526 bits per heavy atom. The monoisotopic (exact) mass is 1840 g/mol. The third kappa shape index (κ3) is 41.8. The number of hydrogen-bond donors (Lipinski definition) is 13. The smallest absolute Gasteiger partial charge is 0.242 e. The van der Waals surface area contributed by atoms with Crippen molar-refractivity contribution < 1.29 is 57.5 Å². The van der Waals surface area contributed by atoms with Gasteiger partial charge in [-0.25, -0.2) is 0 Å². The maximum absolute atomic E-state index is 15.5. The zero-order valence-electron chi connectivity index (χ0n) is 78.4. The molecule has 6 atom stereocenters. The lowest BCUT2D eigenvalue weighted by atomic mass is 10.0. The van der Waals surface area contributed by atoms with Crippen molar-refractivity contribution in [1.29, 1.82) is 0 Å². The Kier molecular flexibility index (Phi) is 54.9. The molecule has 6 aromatic carbocycles. The molecule has 0 aromatic heterocycles. The molecule has 21 N–H and O–H groups in total. The van der Waals surface area contributed by atoms with Crippen LogP contribution in [-0.2, 0) is 96.1 Å². The number of nitrogens with zero attached hydrogens (tertiary/aromatic N) is 6. The zero-order chi connectivity index (χ0) is 96.0. The van der Waals surface area contributed by atoms with Crippen LogP contribution in [0, 0.1) is 0 Å². The van der Waals surface area contributed by atoms with Gasteiger partial charge in [-0.3, -0.25) is 57.5 Å². The minimum Gasteiger partial charge on any atom is -0.368 e. The molecule has 0 aliphatic carbocycles. The number of amides is 12. The Bertz CT molecular complexity index is 4290. The van der Waals surface area contributed by atoms with Crippen molar-refractivity contribution in [3.63, 3.8) is 0 Å². The van der Waals surface area contributed by atoms with Crippen molar-refractivity contribution in [1.82, 2.24) is 56.0 Å². The average molecular weight is 1840 g/mol. The summed E-state index contributed by atoms with van der Waals surface area (Å²) < 4.78 is 0. The van der Waals surface area contributed by atoms with E-state index in [1.54, 1.807) is 0 Å². The summed E-state index contributed by atoms with van der Waals surface area (Å²) in [6.45, 7) is 0.714. The van der Waals surface area contributed by atoms with Gasteiger partial charge in [0.2, 0.25) is 70.9 Å². The van der Waals surface area contributed by atoms with Crippen molar-refractivity contribution in [2.24, 2.45) is 45.9 Å². The minimum atomic E-state index is -1.16. The summed E-state index contributed by atoms with van der Waals surface area (Å²) >= 11 is 0. The zero-order valence-corrected chi connectivity index (χ0v) is 78.4. The standard InChI is InChI=1S/C102H153N19O12/c103-61-25-19-43-85(97(110)128)117(92(123)56-50-80-33-9-2-10-34-80)74-68-111-99(130)87(45-21-27-63-105)119(94(125)58-52-82-37-13-4-14-38-82)76-70-113-101(132)89(47-23-29-65-107)121(96(127)60-54-84-41-17-6-18-42-84)78-72-115-102(133)90(48-24-30-66-108)120(95(126)59-53-83-39-15-5-16-40-83)77-71-114-100(131)88(46-22-28-64-106)118(93(124)57-51-81-35-11-3-12-36-81)75-69-112-98(129)86(44-20-26-62-104)116(73-67-109)91(122)55-49-79-31-7-1-8-32-79/h1-18,31-42,85-90H,19-30,43-78,103-109H2,(H2,110,128)(H,111,130)(H,112,129)(H,113,132)(H,114,131)(H,115,133)/t85-,86-,87-,88-,89-,90-/m0/s1. The van der Waals surface area contributed by atoms with E-state index in [1.165, 1.54) is 29.4 Å². The minimum absolute atomic E-state index is 0.00965. The number of benzene rings is 6. The molecule has 0 radical (unpaired) electrons. The second-order valence-electron chi connectivity index (χ2n) is 33.9. The molecular formula is C102H153N19O12. The Morgan fingerprint density at radius 1 is 0.211 bits per heavy atom. The van der Waals surface area contributed by atoms with Gasteiger partial charge in [0.15, 0.2) is 0 Å². The van der Waals surface area contributed by atoms with E-state index in [9.17, 15) is 28.8 Å². The molecule has 31 nitrogen and oxygen atoms in total. The Labute approximate surface area is 788 Å². The maximum Gasteiger partial charge on any atom is 0.242 e. The highest BCUT2D eigenvalue weighted by Gasteiger charge is 2.38. The molecule has 0 unspecified atom stereocenters. The van der Waals surface area contributed by atoms with E-state index in [4.69, 9.17) is 45.9 Å². The van der Waals surface area contributed by atoms with Crippen LogP contribution in [0.15, 0.2) is 182 Å². The molecule has 31 heteroatoms. The van der Waals surface area contributed by atoms with Crippen molar-refractivity contribution in [3.8, 4) is 0 Å². The second-order valence-corrected chi connectivity index (χ2v) is 33.9. The third-order valence-corrected chi connectivity index (χ3v) is 24.1. The number of unbranched alkanes of at least 4 members (excludes halogenated alkanes) is 6. The largest absolute Gasteiger partial charge is 0.368 e. The van der Waals surface area contributed by atoms with Crippen LogP contribution in [0.2, 0.25) is 0 Å². The van der Waals surface area contributed by atoms with Crippen LogP contribution in [0.3, 0.4) is 0 Å². The Hall–Kier alpha value is -11.3. The van der Waals surface area contributed by atoms with Gasteiger partial charge in [-0.2, -0.15) is 0 Å². The molecule has 0 spiro atoms. The van der Waals surface area contributed by atoms with Crippen molar-refractivity contribution >= 4 is 70.9 Å². The fourth-order valence-corrected chi connectivity index (χ4v) is 16.7. The van der Waals surface area contributed by atoms with E-state index in [2.05, 4.69) is 26.6 Å². The molecule has 728 valence electrons. The summed E-state index contributed by atoms with van der Waals surface area (Å²) in [4.78, 5) is 187. The molecule has 0 saturated heterocycles. The fourth-order valence-electron chi connectivity index (χ4n) is 16.7. The van der Waals surface area contributed by atoms with E-state index in [0.29, 0.717) is 148 Å². The summed E-state index contributed by atoms with van der Waals surface area (Å²) in [7, 11) is 0. The topological polar surface area (TPSA) is 493 Å².